The van der Waals surface area contributed by atoms with Crippen LogP contribution in [0.1, 0.15) is 6.92 Å². The third-order valence-electron chi connectivity index (χ3n) is 2.42. The van der Waals surface area contributed by atoms with Gasteiger partial charge < -0.3 is 9.64 Å². The molecule has 4 nitrogen and oxygen atoms in total. The summed E-state index contributed by atoms with van der Waals surface area (Å²) in [6.45, 7) is 1.32. The highest BCUT2D eigenvalue weighted by molar-refractivity contribution is 6.46. The first-order chi connectivity index (χ1) is 7.91. The number of carbonyl (C=O) groups excluding carboxylic acids is 2. The summed E-state index contributed by atoms with van der Waals surface area (Å²) in [6.07, 6.45) is 0. The molecule has 92 valence electrons. The Balaban J connectivity index is 2.95. The van der Waals surface area contributed by atoms with E-state index in [-0.39, 0.29) is 0 Å². The minimum absolute atomic E-state index is 0.530. The number of nitrogens with zero attached hydrogens (tertiary/aromatic N) is 1. The summed E-state index contributed by atoms with van der Waals surface area (Å²) in [6, 6.07) is 8.93. The Morgan fingerprint density at radius 3 is 2.29 bits per heavy atom. The molecule has 0 radical (unpaired) electrons. The van der Waals surface area contributed by atoms with Crippen molar-refractivity contribution in [2.75, 3.05) is 19.1 Å². The minimum atomic E-state index is -1.71. The fraction of sp³-hybridized carbons (Fsp3) is 0.333. The molecule has 0 aliphatic rings. The van der Waals surface area contributed by atoms with E-state index < -0.39 is 16.8 Å². The van der Waals surface area contributed by atoms with Crippen molar-refractivity contribution in [2.24, 2.45) is 0 Å². The van der Waals surface area contributed by atoms with Gasteiger partial charge in [-0.05, 0) is 19.1 Å². The number of methoxy groups -OCH3 is 1. The Morgan fingerprint density at radius 1 is 1.29 bits per heavy atom. The van der Waals surface area contributed by atoms with Crippen LogP contribution in [0.4, 0.5) is 5.69 Å². The van der Waals surface area contributed by atoms with Gasteiger partial charge in [-0.25, -0.2) is 4.79 Å². The minimum Gasteiger partial charge on any atom is -0.467 e. The average Bonchev–Trinajstić information content (AvgIpc) is 2.36. The van der Waals surface area contributed by atoms with Crippen molar-refractivity contribution in [2.45, 2.75) is 11.8 Å². The zero-order valence-corrected chi connectivity index (χ0v) is 10.7. The van der Waals surface area contributed by atoms with Crippen LogP contribution in [0.3, 0.4) is 0 Å². The highest BCUT2D eigenvalue weighted by atomic mass is 35.5. The van der Waals surface area contributed by atoms with Crippen molar-refractivity contribution in [1.82, 2.24) is 0 Å². The summed E-state index contributed by atoms with van der Waals surface area (Å²) in [5.41, 5.74) is 0.660. The third kappa shape index (κ3) is 2.77. The molecule has 0 aliphatic heterocycles. The number of ether oxygens (including phenoxy) is 1. The quantitative estimate of drug-likeness (QED) is 0.470. The summed E-state index contributed by atoms with van der Waals surface area (Å²) < 4.78 is 4.50. The SMILES string of the molecule is COC(=O)C(C)(Cl)C(=O)N(C)c1ccccc1. The lowest BCUT2D eigenvalue weighted by atomic mass is 10.1. The molecule has 1 aromatic rings. The van der Waals surface area contributed by atoms with Gasteiger partial charge >= 0.3 is 5.97 Å². The van der Waals surface area contributed by atoms with Gasteiger partial charge in [-0.1, -0.05) is 29.8 Å². The van der Waals surface area contributed by atoms with Crippen molar-refractivity contribution in [1.29, 1.82) is 0 Å². The van der Waals surface area contributed by atoms with Gasteiger partial charge in [-0.3, -0.25) is 4.79 Å². The largest absolute Gasteiger partial charge is 0.467 e. The first-order valence-corrected chi connectivity index (χ1v) is 5.39. The molecule has 0 saturated carbocycles. The Labute approximate surface area is 105 Å². The average molecular weight is 256 g/mol. The molecule has 0 spiro atoms. The molecule has 0 aromatic heterocycles. The molecule has 17 heavy (non-hydrogen) atoms. The van der Waals surface area contributed by atoms with E-state index in [4.69, 9.17) is 11.6 Å². The van der Waals surface area contributed by atoms with Crippen LogP contribution in [0.25, 0.3) is 0 Å². The van der Waals surface area contributed by atoms with E-state index in [0.717, 1.165) is 0 Å². The summed E-state index contributed by atoms with van der Waals surface area (Å²) in [5, 5.41) is 0. The van der Waals surface area contributed by atoms with E-state index in [2.05, 4.69) is 4.74 Å². The molecule has 1 rings (SSSR count). The lowest BCUT2D eigenvalue weighted by molar-refractivity contribution is -0.146. The van der Waals surface area contributed by atoms with Crippen molar-refractivity contribution in [3.05, 3.63) is 30.3 Å². The zero-order valence-electron chi connectivity index (χ0n) is 9.94. The molecule has 0 saturated heterocycles. The van der Waals surface area contributed by atoms with Crippen LogP contribution in [0, 0.1) is 0 Å². The second kappa shape index (κ2) is 5.19. The van der Waals surface area contributed by atoms with Crippen LogP contribution >= 0.6 is 11.6 Å². The topological polar surface area (TPSA) is 46.6 Å². The number of hydrogen-bond donors (Lipinski definition) is 0. The first kappa shape index (κ1) is 13.5. The third-order valence-corrected chi connectivity index (χ3v) is 2.73. The highest BCUT2D eigenvalue weighted by Crippen LogP contribution is 2.22. The van der Waals surface area contributed by atoms with Gasteiger partial charge in [-0.15, -0.1) is 0 Å². The maximum Gasteiger partial charge on any atom is 0.336 e. The van der Waals surface area contributed by atoms with Gasteiger partial charge in [0.25, 0.3) is 5.91 Å². The standard InChI is InChI=1S/C12H14ClNO3/c1-12(13,11(16)17-3)10(15)14(2)9-7-5-4-6-8-9/h4-8H,1-3H3. The zero-order chi connectivity index (χ0) is 13.1. The number of esters is 1. The van der Waals surface area contributed by atoms with Crippen LogP contribution in [-0.2, 0) is 14.3 Å². The van der Waals surface area contributed by atoms with E-state index in [1.807, 2.05) is 6.07 Å². The number of halogens is 1. The van der Waals surface area contributed by atoms with E-state index in [1.54, 1.807) is 31.3 Å². The van der Waals surface area contributed by atoms with Crippen LogP contribution in [0.15, 0.2) is 30.3 Å². The molecule has 0 N–H and O–H groups in total. The number of amides is 1. The summed E-state index contributed by atoms with van der Waals surface area (Å²) in [5.74, 6) is -1.30. The van der Waals surface area contributed by atoms with Gasteiger partial charge in [0.1, 0.15) is 0 Å². The van der Waals surface area contributed by atoms with E-state index in [9.17, 15) is 9.59 Å². The van der Waals surface area contributed by atoms with Crippen LogP contribution in [0.2, 0.25) is 0 Å². The number of alkyl halides is 1. The maximum atomic E-state index is 12.1. The van der Waals surface area contributed by atoms with Gasteiger partial charge in [0.15, 0.2) is 0 Å². The molecule has 5 heteroatoms. The molecule has 0 fully saturated rings. The molecule has 1 atom stereocenters. The maximum absolute atomic E-state index is 12.1. The summed E-state index contributed by atoms with van der Waals surface area (Å²) >= 11 is 5.92. The van der Waals surface area contributed by atoms with Crippen molar-refractivity contribution < 1.29 is 14.3 Å². The lowest BCUT2D eigenvalue weighted by Gasteiger charge is -2.25. The predicted octanol–water partition coefficient (Wildman–Crippen LogP) is 1.82. The van der Waals surface area contributed by atoms with Crippen LogP contribution in [-0.4, -0.2) is 30.9 Å². The Kier molecular flexibility index (Phi) is 4.12. The number of anilines is 1. The summed E-state index contributed by atoms with van der Waals surface area (Å²) in [4.78, 5) is 23.1. The molecule has 0 bridgehead atoms. The molecule has 1 amide bonds. The molecule has 1 unspecified atom stereocenters. The van der Waals surface area contributed by atoms with Crippen molar-refractivity contribution in [3.63, 3.8) is 0 Å². The highest BCUT2D eigenvalue weighted by Gasteiger charge is 2.42. The van der Waals surface area contributed by atoms with Crippen molar-refractivity contribution in [3.8, 4) is 0 Å². The lowest BCUT2D eigenvalue weighted by Crippen LogP contribution is -2.47. The molecular weight excluding hydrogens is 242 g/mol. The molecule has 1 aromatic carbocycles. The Hall–Kier alpha value is -1.55. The Bertz CT molecular complexity index is 417. The second-order valence-corrected chi connectivity index (χ2v) is 4.45. The fourth-order valence-electron chi connectivity index (χ4n) is 1.36. The summed E-state index contributed by atoms with van der Waals surface area (Å²) in [7, 11) is 2.75. The Morgan fingerprint density at radius 2 is 1.82 bits per heavy atom. The first-order valence-electron chi connectivity index (χ1n) is 5.01. The monoisotopic (exact) mass is 255 g/mol. The van der Waals surface area contributed by atoms with Crippen LogP contribution < -0.4 is 4.90 Å². The molecule has 0 heterocycles. The number of rotatable bonds is 3. The van der Waals surface area contributed by atoms with E-state index in [0.29, 0.717) is 5.69 Å². The fourth-order valence-corrected chi connectivity index (χ4v) is 1.57. The second-order valence-electron chi connectivity index (χ2n) is 3.69. The molecular formula is C12H14ClNO3. The number of hydrogen-bond acceptors (Lipinski definition) is 3. The smallest absolute Gasteiger partial charge is 0.336 e. The van der Waals surface area contributed by atoms with Gasteiger partial charge in [0.05, 0.1) is 7.11 Å². The van der Waals surface area contributed by atoms with Gasteiger partial charge in [0, 0.05) is 12.7 Å². The molecule has 0 aliphatic carbocycles. The predicted molar refractivity (Wildman–Crippen MR) is 66.1 cm³/mol. The van der Waals surface area contributed by atoms with Crippen LogP contribution in [0.5, 0.6) is 0 Å². The van der Waals surface area contributed by atoms with E-state index in [1.165, 1.54) is 18.9 Å². The number of carbonyl (C=O) groups is 2. The number of benzene rings is 1. The van der Waals surface area contributed by atoms with E-state index >= 15 is 0 Å². The normalized spacial score (nSPS) is 13.6. The van der Waals surface area contributed by atoms with Crippen molar-refractivity contribution >= 4 is 29.2 Å². The number of para-hydroxylation sites is 1. The van der Waals surface area contributed by atoms with Gasteiger partial charge in [-0.2, -0.15) is 0 Å². The van der Waals surface area contributed by atoms with Gasteiger partial charge in [0.2, 0.25) is 4.87 Å².